The van der Waals surface area contributed by atoms with E-state index in [4.69, 9.17) is 4.42 Å². The van der Waals surface area contributed by atoms with Crippen molar-refractivity contribution in [3.8, 4) is 16.3 Å². The predicted octanol–water partition coefficient (Wildman–Crippen LogP) is 6.83. The quantitative estimate of drug-likeness (QED) is 0.281. The Kier molecular flexibility index (Phi) is 4.92. The fourth-order valence-electron chi connectivity index (χ4n) is 3.70. The van der Waals surface area contributed by atoms with Crippen molar-refractivity contribution in [2.24, 2.45) is 0 Å². The first-order valence-corrected chi connectivity index (χ1v) is 10.6. The van der Waals surface area contributed by atoms with Crippen molar-refractivity contribution in [1.29, 1.82) is 0 Å². The van der Waals surface area contributed by atoms with Crippen LogP contribution in [0.2, 0.25) is 0 Å². The molecule has 0 bridgehead atoms. The summed E-state index contributed by atoms with van der Waals surface area (Å²) in [6.45, 7) is 1.86. The van der Waals surface area contributed by atoms with Crippen LogP contribution >= 0.6 is 23.7 Å². The fourth-order valence-corrected chi connectivity index (χ4v) is 4.69. The van der Waals surface area contributed by atoms with E-state index in [1.54, 1.807) is 23.5 Å². The number of aryl methyl sites for hydroxylation is 1. The first kappa shape index (κ1) is 20.2. The number of thiazole rings is 1. The number of nitrogens with one attached hydrogen (secondary N) is 1. The summed E-state index contributed by atoms with van der Waals surface area (Å²) in [6, 6.07) is 21.1. The van der Waals surface area contributed by atoms with Crippen molar-refractivity contribution < 1.29 is 9.52 Å². The molecule has 0 aliphatic heterocycles. The zero-order valence-corrected chi connectivity index (χ0v) is 18.5. The van der Waals surface area contributed by atoms with Gasteiger partial charge in [-0.05, 0) is 49.4 Å². The number of aromatic hydroxyl groups is 1. The lowest BCUT2D eigenvalue weighted by atomic mass is 10.2. The number of fused-ring (bicyclic) bond motifs is 4. The monoisotopic (exact) mass is 460 g/mol. The molecule has 0 atom stereocenters. The average molecular weight is 461 g/mol. The maximum atomic E-state index is 10.5. The molecule has 0 aliphatic rings. The van der Waals surface area contributed by atoms with Gasteiger partial charge >= 0.3 is 0 Å². The zero-order chi connectivity index (χ0) is 20.9. The molecular weight excluding hydrogens is 444 g/mol. The van der Waals surface area contributed by atoms with Gasteiger partial charge in [-0.15, -0.1) is 23.7 Å². The van der Waals surface area contributed by atoms with Gasteiger partial charge in [-0.1, -0.05) is 24.3 Å². The van der Waals surface area contributed by atoms with Crippen LogP contribution in [0.3, 0.4) is 0 Å². The molecular formula is C24H17ClN4O2S. The van der Waals surface area contributed by atoms with E-state index < -0.39 is 0 Å². The highest BCUT2D eigenvalue weighted by Gasteiger charge is 2.16. The van der Waals surface area contributed by atoms with Crippen LogP contribution in [0.4, 0.5) is 11.5 Å². The molecule has 6 aromatic rings. The fraction of sp³-hybridized carbons (Fsp3) is 0.0417. The SMILES string of the molecule is Cc1nc(Nc2ccc(O)c(-c3nc4ccccc4s3)c2)c2oc3ccccc3c2n1.Cl. The number of phenolic OH excluding ortho intramolecular Hbond substituents is 1. The summed E-state index contributed by atoms with van der Waals surface area (Å²) in [5.74, 6) is 1.41. The van der Waals surface area contributed by atoms with Gasteiger partial charge in [0.05, 0.1) is 15.8 Å². The number of anilines is 2. The highest BCUT2D eigenvalue weighted by molar-refractivity contribution is 7.21. The number of furan rings is 1. The van der Waals surface area contributed by atoms with Gasteiger partial charge in [0, 0.05) is 11.1 Å². The minimum atomic E-state index is 0. The van der Waals surface area contributed by atoms with Crippen molar-refractivity contribution in [1.82, 2.24) is 15.0 Å². The van der Waals surface area contributed by atoms with Crippen molar-refractivity contribution in [2.45, 2.75) is 6.92 Å². The Morgan fingerprint density at radius 3 is 2.62 bits per heavy atom. The predicted molar refractivity (Wildman–Crippen MR) is 131 cm³/mol. The van der Waals surface area contributed by atoms with Crippen molar-refractivity contribution in [3.05, 3.63) is 72.6 Å². The van der Waals surface area contributed by atoms with Crippen LogP contribution in [0, 0.1) is 6.92 Å². The molecule has 0 radical (unpaired) electrons. The smallest absolute Gasteiger partial charge is 0.196 e. The second kappa shape index (κ2) is 7.78. The van der Waals surface area contributed by atoms with Crippen molar-refractivity contribution in [2.75, 3.05) is 5.32 Å². The molecule has 0 spiro atoms. The van der Waals surface area contributed by atoms with E-state index in [1.165, 1.54) is 0 Å². The largest absolute Gasteiger partial charge is 0.507 e. The number of halogens is 1. The minimum Gasteiger partial charge on any atom is -0.507 e. The molecule has 6 rings (SSSR count). The van der Waals surface area contributed by atoms with Crippen molar-refractivity contribution in [3.63, 3.8) is 0 Å². The molecule has 8 heteroatoms. The average Bonchev–Trinajstić information content (AvgIpc) is 3.37. The first-order chi connectivity index (χ1) is 15.2. The highest BCUT2D eigenvalue weighted by atomic mass is 35.5. The topological polar surface area (TPSA) is 84.1 Å². The lowest BCUT2D eigenvalue weighted by Crippen LogP contribution is -1.98. The summed E-state index contributed by atoms with van der Waals surface area (Å²) in [5, 5.41) is 15.5. The Morgan fingerprint density at radius 2 is 1.75 bits per heavy atom. The maximum Gasteiger partial charge on any atom is 0.196 e. The number of aromatic nitrogens is 3. The second-order valence-electron chi connectivity index (χ2n) is 7.24. The zero-order valence-electron chi connectivity index (χ0n) is 16.9. The molecule has 0 saturated heterocycles. The van der Waals surface area contributed by atoms with E-state index in [-0.39, 0.29) is 18.2 Å². The second-order valence-corrected chi connectivity index (χ2v) is 8.27. The van der Waals surface area contributed by atoms with Gasteiger partial charge in [-0.2, -0.15) is 0 Å². The van der Waals surface area contributed by atoms with Crippen LogP contribution in [0.1, 0.15) is 5.82 Å². The third kappa shape index (κ3) is 3.32. The Balaban J connectivity index is 0.00000216. The normalized spacial score (nSPS) is 11.2. The number of hydrogen-bond acceptors (Lipinski definition) is 7. The number of nitrogens with zero attached hydrogens (tertiary/aromatic N) is 3. The van der Waals surface area contributed by atoms with Crippen molar-refractivity contribution >= 4 is 67.5 Å². The van der Waals surface area contributed by atoms with E-state index in [0.29, 0.717) is 22.8 Å². The van der Waals surface area contributed by atoms with Gasteiger partial charge in [0.2, 0.25) is 0 Å². The maximum absolute atomic E-state index is 10.5. The van der Waals surface area contributed by atoms with Crippen LogP contribution in [0.15, 0.2) is 71.1 Å². The number of phenols is 1. The van der Waals surface area contributed by atoms with Crippen LogP contribution in [-0.2, 0) is 0 Å². The summed E-state index contributed by atoms with van der Waals surface area (Å²) >= 11 is 1.54. The van der Waals surface area contributed by atoms with Crippen LogP contribution in [0.25, 0.3) is 42.9 Å². The van der Waals surface area contributed by atoms with Gasteiger partial charge in [0.15, 0.2) is 11.4 Å². The van der Waals surface area contributed by atoms with E-state index in [9.17, 15) is 5.11 Å². The number of para-hydroxylation sites is 2. The molecule has 0 amide bonds. The Labute approximate surface area is 193 Å². The van der Waals surface area contributed by atoms with E-state index in [1.807, 2.05) is 61.5 Å². The Hall–Kier alpha value is -3.68. The Morgan fingerprint density at radius 1 is 0.938 bits per heavy atom. The third-order valence-corrected chi connectivity index (χ3v) is 6.18. The molecule has 158 valence electrons. The number of hydrogen-bond donors (Lipinski definition) is 2. The van der Waals surface area contributed by atoms with Crippen LogP contribution in [-0.4, -0.2) is 20.1 Å². The Bertz CT molecular complexity index is 1580. The molecule has 32 heavy (non-hydrogen) atoms. The van der Waals surface area contributed by atoms with Gasteiger partial charge in [-0.25, -0.2) is 15.0 Å². The van der Waals surface area contributed by atoms with Crippen LogP contribution < -0.4 is 5.32 Å². The summed E-state index contributed by atoms with van der Waals surface area (Å²) in [4.78, 5) is 13.8. The van der Waals surface area contributed by atoms with Gasteiger partial charge in [-0.3, -0.25) is 0 Å². The molecule has 6 nitrogen and oxygen atoms in total. The van der Waals surface area contributed by atoms with E-state index in [0.717, 1.165) is 37.4 Å². The van der Waals surface area contributed by atoms with Gasteiger partial charge in [0.1, 0.15) is 27.7 Å². The number of benzene rings is 3. The molecule has 0 fully saturated rings. The lowest BCUT2D eigenvalue weighted by molar-refractivity contribution is 0.477. The third-order valence-electron chi connectivity index (χ3n) is 5.12. The highest BCUT2D eigenvalue weighted by Crippen LogP contribution is 2.38. The summed E-state index contributed by atoms with van der Waals surface area (Å²) < 4.78 is 7.12. The number of rotatable bonds is 3. The molecule has 3 heterocycles. The summed E-state index contributed by atoms with van der Waals surface area (Å²) in [5.41, 5.74) is 4.49. The van der Waals surface area contributed by atoms with Crippen LogP contribution in [0.5, 0.6) is 5.75 Å². The van der Waals surface area contributed by atoms with Gasteiger partial charge < -0.3 is 14.8 Å². The first-order valence-electron chi connectivity index (χ1n) is 9.77. The minimum absolute atomic E-state index is 0. The molecule has 0 aliphatic carbocycles. The molecule has 3 aromatic carbocycles. The van der Waals surface area contributed by atoms with E-state index in [2.05, 4.69) is 20.3 Å². The summed E-state index contributed by atoms with van der Waals surface area (Å²) in [6.07, 6.45) is 0. The standard InChI is InChI=1S/C24H16N4O2S.ClH/c1-13-25-21-15-6-2-4-8-19(15)30-22(21)23(26-13)27-14-10-11-18(29)16(12-14)24-28-17-7-3-5-9-20(17)31-24;/h2-12,29H,1H3,(H,25,26,27);1H. The molecule has 2 N–H and O–H groups in total. The lowest BCUT2D eigenvalue weighted by Gasteiger charge is -2.09. The molecule has 3 aromatic heterocycles. The molecule has 0 saturated carbocycles. The van der Waals surface area contributed by atoms with Gasteiger partial charge in [0.25, 0.3) is 0 Å². The van der Waals surface area contributed by atoms with E-state index >= 15 is 0 Å². The molecule has 0 unspecified atom stereocenters. The summed E-state index contributed by atoms with van der Waals surface area (Å²) in [7, 11) is 0.